The van der Waals surface area contributed by atoms with Crippen molar-refractivity contribution >= 4 is 22.5 Å². The van der Waals surface area contributed by atoms with Gasteiger partial charge in [0.05, 0.1) is 5.52 Å². The number of aromatic nitrogens is 1. The summed E-state index contributed by atoms with van der Waals surface area (Å²) in [4.78, 5) is 25.4. The van der Waals surface area contributed by atoms with Crippen molar-refractivity contribution in [2.45, 2.75) is 6.92 Å². The van der Waals surface area contributed by atoms with Crippen LogP contribution < -0.4 is 11.0 Å². The molecular weight excluding hydrogens is 230 g/mol. The third kappa shape index (κ3) is 1.67. The van der Waals surface area contributed by atoms with Gasteiger partial charge >= 0.3 is 0 Å². The summed E-state index contributed by atoms with van der Waals surface area (Å²) >= 11 is 5.89. The molecular formula is C11H8ClNO3. The Labute approximate surface area is 95.1 Å². The normalized spacial score (nSPS) is 10.6. The molecule has 1 heterocycles. The fraction of sp³-hybridized carbons (Fsp3) is 0.0909. The second kappa shape index (κ2) is 3.64. The van der Waals surface area contributed by atoms with Crippen LogP contribution in [0.2, 0.25) is 5.02 Å². The minimum absolute atomic E-state index is 0.238. The molecule has 0 spiro atoms. The number of rotatable bonds is 0. The molecule has 2 aromatic rings. The van der Waals surface area contributed by atoms with Gasteiger partial charge in [0.1, 0.15) is 0 Å². The summed E-state index contributed by atoms with van der Waals surface area (Å²) in [7, 11) is 0. The van der Waals surface area contributed by atoms with Crippen molar-refractivity contribution in [3.05, 3.63) is 49.4 Å². The first kappa shape index (κ1) is 10.7. The van der Waals surface area contributed by atoms with Crippen molar-refractivity contribution in [1.29, 1.82) is 0 Å². The van der Waals surface area contributed by atoms with Crippen LogP contribution in [0.1, 0.15) is 5.56 Å². The number of fused-ring (bicyclic) bond motifs is 1. The summed E-state index contributed by atoms with van der Waals surface area (Å²) in [6.45, 7) is 1.74. The number of nitrogens with one attached hydrogen (secondary N) is 1. The highest BCUT2D eigenvalue weighted by atomic mass is 35.5. The maximum Gasteiger partial charge on any atom is 0.252 e. The highest BCUT2D eigenvalue weighted by Crippen LogP contribution is 2.19. The maximum absolute atomic E-state index is 11.7. The first-order valence-electron chi connectivity index (χ1n) is 4.55. The van der Waals surface area contributed by atoms with Gasteiger partial charge in [-0.05, 0) is 24.6 Å². The molecule has 4 nitrogen and oxygen atoms in total. The Bertz CT molecular complexity index is 691. The molecule has 0 aliphatic heterocycles. The fourth-order valence-corrected chi connectivity index (χ4v) is 1.63. The zero-order chi connectivity index (χ0) is 11.9. The quantitative estimate of drug-likeness (QED) is 0.731. The van der Waals surface area contributed by atoms with E-state index in [4.69, 9.17) is 11.6 Å². The van der Waals surface area contributed by atoms with Crippen molar-refractivity contribution in [2.75, 3.05) is 0 Å². The minimum Gasteiger partial charge on any atom is -0.504 e. The van der Waals surface area contributed by atoms with Crippen LogP contribution in [0.25, 0.3) is 10.9 Å². The molecule has 0 unspecified atom stereocenters. The van der Waals surface area contributed by atoms with Gasteiger partial charge in [0.25, 0.3) is 5.56 Å². The van der Waals surface area contributed by atoms with Gasteiger partial charge in [0.2, 0.25) is 5.43 Å². The lowest BCUT2D eigenvalue weighted by Gasteiger charge is -1.98. The fourth-order valence-electron chi connectivity index (χ4n) is 1.47. The third-order valence-corrected chi connectivity index (χ3v) is 2.71. The van der Waals surface area contributed by atoms with E-state index in [-0.39, 0.29) is 5.39 Å². The van der Waals surface area contributed by atoms with Gasteiger partial charge in [0, 0.05) is 16.5 Å². The SMILES string of the molecule is Cc1cc2c(=O)c(O)cc(=O)[nH]c2cc1Cl. The highest BCUT2D eigenvalue weighted by Gasteiger charge is 2.06. The molecule has 2 N–H and O–H groups in total. The zero-order valence-electron chi connectivity index (χ0n) is 8.37. The van der Waals surface area contributed by atoms with Gasteiger partial charge in [-0.1, -0.05) is 11.6 Å². The van der Waals surface area contributed by atoms with E-state index in [1.807, 2.05) is 0 Å². The minimum atomic E-state index is -0.590. The molecule has 0 amide bonds. The lowest BCUT2D eigenvalue weighted by molar-refractivity contribution is 0.471. The second-order valence-electron chi connectivity index (χ2n) is 3.49. The monoisotopic (exact) mass is 237 g/mol. The summed E-state index contributed by atoms with van der Waals surface area (Å²) in [5.74, 6) is -0.571. The van der Waals surface area contributed by atoms with Crippen LogP contribution in [0.5, 0.6) is 5.75 Å². The van der Waals surface area contributed by atoms with Crippen LogP contribution in [0, 0.1) is 6.92 Å². The molecule has 0 saturated heterocycles. The molecule has 0 atom stereocenters. The van der Waals surface area contributed by atoms with Crippen molar-refractivity contribution in [1.82, 2.24) is 4.98 Å². The van der Waals surface area contributed by atoms with Crippen LogP contribution in [-0.4, -0.2) is 10.1 Å². The van der Waals surface area contributed by atoms with E-state index in [2.05, 4.69) is 4.98 Å². The summed E-state index contributed by atoms with van der Waals surface area (Å²) in [5, 5.41) is 10.0. The first-order valence-corrected chi connectivity index (χ1v) is 4.93. The number of hydrogen-bond donors (Lipinski definition) is 2. The molecule has 0 radical (unpaired) electrons. The van der Waals surface area contributed by atoms with Crippen molar-refractivity contribution < 1.29 is 5.11 Å². The van der Waals surface area contributed by atoms with E-state index in [9.17, 15) is 14.7 Å². The third-order valence-electron chi connectivity index (χ3n) is 2.30. The molecule has 2 rings (SSSR count). The molecule has 5 heteroatoms. The lowest BCUT2D eigenvalue weighted by atomic mass is 10.1. The van der Waals surface area contributed by atoms with Crippen LogP contribution in [-0.2, 0) is 0 Å². The molecule has 0 aliphatic rings. The first-order chi connectivity index (χ1) is 7.49. The number of aromatic amines is 1. The molecule has 16 heavy (non-hydrogen) atoms. The zero-order valence-corrected chi connectivity index (χ0v) is 9.13. The van der Waals surface area contributed by atoms with E-state index in [1.54, 1.807) is 6.92 Å². The number of benzene rings is 1. The molecule has 82 valence electrons. The van der Waals surface area contributed by atoms with Gasteiger partial charge in [-0.15, -0.1) is 0 Å². The van der Waals surface area contributed by atoms with Gasteiger partial charge in [-0.3, -0.25) is 9.59 Å². The van der Waals surface area contributed by atoms with Crippen LogP contribution in [0.4, 0.5) is 0 Å². The summed E-state index contributed by atoms with van der Waals surface area (Å²) in [6, 6.07) is 3.88. The summed E-state index contributed by atoms with van der Waals surface area (Å²) in [6.07, 6.45) is 0. The molecule has 0 saturated carbocycles. The van der Waals surface area contributed by atoms with Crippen molar-refractivity contribution in [3.8, 4) is 5.75 Å². The Kier molecular flexibility index (Phi) is 2.44. The Morgan fingerprint density at radius 1 is 1.25 bits per heavy atom. The highest BCUT2D eigenvalue weighted by molar-refractivity contribution is 6.32. The van der Waals surface area contributed by atoms with Crippen LogP contribution in [0.3, 0.4) is 0 Å². The molecule has 0 fully saturated rings. The number of H-pyrrole nitrogens is 1. The van der Waals surface area contributed by atoms with Crippen molar-refractivity contribution in [2.24, 2.45) is 0 Å². The van der Waals surface area contributed by atoms with Crippen LogP contribution >= 0.6 is 11.6 Å². The van der Waals surface area contributed by atoms with Gasteiger partial charge in [0.15, 0.2) is 5.75 Å². The molecule has 1 aromatic heterocycles. The molecule has 1 aromatic carbocycles. The van der Waals surface area contributed by atoms with E-state index >= 15 is 0 Å². The lowest BCUT2D eigenvalue weighted by Crippen LogP contribution is -1.98. The number of hydrogen-bond acceptors (Lipinski definition) is 3. The predicted octanol–water partition coefficient (Wildman–Crippen LogP) is 1.56. The predicted molar refractivity (Wildman–Crippen MR) is 62.3 cm³/mol. The second-order valence-corrected chi connectivity index (χ2v) is 3.90. The summed E-state index contributed by atoms with van der Waals surface area (Å²) < 4.78 is 0. The molecule has 0 aliphatic carbocycles. The van der Waals surface area contributed by atoms with Crippen LogP contribution in [0.15, 0.2) is 27.8 Å². The topological polar surface area (TPSA) is 70.2 Å². The largest absolute Gasteiger partial charge is 0.504 e. The van der Waals surface area contributed by atoms with E-state index in [1.165, 1.54) is 12.1 Å². The smallest absolute Gasteiger partial charge is 0.252 e. The Hall–Kier alpha value is -1.81. The van der Waals surface area contributed by atoms with E-state index in [0.29, 0.717) is 16.1 Å². The van der Waals surface area contributed by atoms with Gasteiger partial charge in [-0.2, -0.15) is 0 Å². The number of aryl methyl sites for hydroxylation is 1. The number of aromatic hydroxyl groups is 1. The van der Waals surface area contributed by atoms with Crippen molar-refractivity contribution in [3.63, 3.8) is 0 Å². The Morgan fingerprint density at radius 2 is 1.94 bits per heavy atom. The maximum atomic E-state index is 11.7. The average Bonchev–Trinajstić information content (AvgIpc) is 2.29. The van der Waals surface area contributed by atoms with E-state index < -0.39 is 16.7 Å². The number of halogens is 1. The van der Waals surface area contributed by atoms with Gasteiger partial charge in [-0.25, -0.2) is 0 Å². The van der Waals surface area contributed by atoms with Gasteiger partial charge < -0.3 is 10.1 Å². The Balaban J connectivity index is 3.13. The van der Waals surface area contributed by atoms with E-state index in [0.717, 1.165) is 6.07 Å². The average molecular weight is 238 g/mol. The standard InChI is InChI=1S/C11H8ClNO3/c1-5-2-6-8(3-7(5)12)13-10(15)4-9(14)11(6)16/h2-4H,1H3,(H,13,15)(H,14,16). The molecule has 0 bridgehead atoms. The Morgan fingerprint density at radius 3 is 2.62 bits per heavy atom. The summed E-state index contributed by atoms with van der Waals surface area (Å²) in [5.41, 5.74) is -0.124.